The molecule has 1 aromatic rings. The second-order valence-corrected chi connectivity index (χ2v) is 6.11. The fourth-order valence-electron chi connectivity index (χ4n) is 1.73. The van der Waals surface area contributed by atoms with Crippen molar-refractivity contribution < 1.29 is 23.9 Å². The Hall–Kier alpha value is -2.77. The summed E-state index contributed by atoms with van der Waals surface area (Å²) in [6, 6.07) is 5.92. The summed E-state index contributed by atoms with van der Waals surface area (Å²) in [5.41, 5.74) is 0.380. The lowest BCUT2D eigenvalue weighted by molar-refractivity contribution is 0.0517. The van der Waals surface area contributed by atoms with Crippen LogP contribution in [0.2, 0.25) is 0 Å². The Morgan fingerprint density at radius 1 is 1.00 bits per heavy atom. The van der Waals surface area contributed by atoms with E-state index in [1.54, 1.807) is 52.0 Å². The first-order valence-corrected chi connectivity index (χ1v) is 8.00. The molecule has 0 fully saturated rings. The van der Waals surface area contributed by atoms with Crippen LogP contribution in [0.15, 0.2) is 24.3 Å². The summed E-state index contributed by atoms with van der Waals surface area (Å²) in [4.78, 5) is 34.7. The highest BCUT2D eigenvalue weighted by Crippen LogP contribution is 2.10. The van der Waals surface area contributed by atoms with Crippen LogP contribution in [-0.2, 0) is 9.47 Å². The molecule has 0 radical (unpaired) electrons. The molecular formula is C17H25N3O5. The van der Waals surface area contributed by atoms with Crippen LogP contribution in [0.25, 0.3) is 0 Å². The standard InChI is InChI=1S/C17H25N3O5/c1-5-24-14(21)12-6-8-13(9-7-12)20-15(22)18-10-11-19-16(23)25-17(2,3)4/h6-9H,5,10-11H2,1-4H3,(H,19,23)(H2,18,20,22). The number of amides is 3. The van der Waals surface area contributed by atoms with E-state index in [1.165, 1.54) is 0 Å². The number of hydrogen-bond acceptors (Lipinski definition) is 5. The number of benzene rings is 1. The third kappa shape index (κ3) is 8.59. The molecule has 8 nitrogen and oxygen atoms in total. The van der Waals surface area contributed by atoms with Gasteiger partial charge in [0.05, 0.1) is 12.2 Å². The lowest BCUT2D eigenvalue weighted by atomic mass is 10.2. The van der Waals surface area contributed by atoms with E-state index in [9.17, 15) is 14.4 Å². The summed E-state index contributed by atoms with van der Waals surface area (Å²) >= 11 is 0. The minimum absolute atomic E-state index is 0.240. The molecule has 0 aliphatic carbocycles. The van der Waals surface area contributed by atoms with E-state index in [0.29, 0.717) is 17.9 Å². The molecule has 3 amide bonds. The van der Waals surface area contributed by atoms with Crippen LogP contribution in [0.4, 0.5) is 15.3 Å². The summed E-state index contributed by atoms with van der Waals surface area (Å²) in [6.07, 6.45) is -0.538. The van der Waals surface area contributed by atoms with Crippen LogP contribution in [0.3, 0.4) is 0 Å². The number of ether oxygens (including phenoxy) is 2. The van der Waals surface area contributed by atoms with Gasteiger partial charge in [-0.2, -0.15) is 0 Å². The Morgan fingerprint density at radius 3 is 2.16 bits per heavy atom. The minimum Gasteiger partial charge on any atom is -0.462 e. The molecule has 1 rings (SSSR count). The predicted molar refractivity (Wildman–Crippen MR) is 93.7 cm³/mol. The highest BCUT2D eigenvalue weighted by atomic mass is 16.6. The molecule has 0 unspecified atom stereocenters. The summed E-state index contributed by atoms with van der Waals surface area (Å²) < 4.78 is 9.95. The van der Waals surface area contributed by atoms with Gasteiger partial charge in [-0.25, -0.2) is 14.4 Å². The lowest BCUT2D eigenvalue weighted by Crippen LogP contribution is -2.39. The Labute approximate surface area is 147 Å². The van der Waals surface area contributed by atoms with Crippen LogP contribution in [-0.4, -0.2) is 43.4 Å². The topological polar surface area (TPSA) is 106 Å². The smallest absolute Gasteiger partial charge is 0.407 e. The molecule has 0 aliphatic heterocycles. The van der Waals surface area contributed by atoms with Crippen molar-refractivity contribution in [3.8, 4) is 0 Å². The van der Waals surface area contributed by atoms with E-state index in [-0.39, 0.29) is 13.1 Å². The van der Waals surface area contributed by atoms with Crippen molar-refractivity contribution in [1.29, 1.82) is 0 Å². The minimum atomic E-state index is -0.565. The average Bonchev–Trinajstić information content (AvgIpc) is 2.51. The molecule has 0 heterocycles. The zero-order chi connectivity index (χ0) is 18.9. The van der Waals surface area contributed by atoms with Gasteiger partial charge in [-0.1, -0.05) is 0 Å². The van der Waals surface area contributed by atoms with Crippen molar-refractivity contribution in [3.05, 3.63) is 29.8 Å². The Balaban J connectivity index is 2.30. The lowest BCUT2D eigenvalue weighted by Gasteiger charge is -2.19. The molecule has 0 aliphatic rings. The van der Waals surface area contributed by atoms with Gasteiger partial charge >= 0.3 is 18.1 Å². The van der Waals surface area contributed by atoms with E-state index >= 15 is 0 Å². The van der Waals surface area contributed by atoms with Crippen LogP contribution in [0, 0.1) is 0 Å². The van der Waals surface area contributed by atoms with Crippen LogP contribution in [0.1, 0.15) is 38.1 Å². The van der Waals surface area contributed by atoms with Crippen molar-refractivity contribution in [2.75, 3.05) is 25.0 Å². The van der Waals surface area contributed by atoms with Gasteiger partial charge in [0, 0.05) is 18.8 Å². The first-order valence-electron chi connectivity index (χ1n) is 8.00. The maximum absolute atomic E-state index is 11.7. The Morgan fingerprint density at radius 2 is 1.60 bits per heavy atom. The number of nitrogens with one attached hydrogen (secondary N) is 3. The van der Waals surface area contributed by atoms with E-state index in [0.717, 1.165) is 0 Å². The highest BCUT2D eigenvalue weighted by Gasteiger charge is 2.15. The number of alkyl carbamates (subject to hydrolysis) is 1. The van der Waals surface area contributed by atoms with Gasteiger partial charge < -0.3 is 25.4 Å². The van der Waals surface area contributed by atoms with Gasteiger partial charge in [0.15, 0.2) is 0 Å². The van der Waals surface area contributed by atoms with E-state index < -0.39 is 23.7 Å². The SMILES string of the molecule is CCOC(=O)c1ccc(NC(=O)NCCNC(=O)OC(C)(C)C)cc1. The fourth-order valence-corrected chi connectivity index (χ4v) is 1.73. The van der Waals surface area contributed by atoms with Gasteiger partial charge in [-0.3, -0.25) is 0 Å². The summed E-state index contributed by atoms with van der Waals surface area (Å²) in [5, 5.41) is 7.75. The third-order valence-electron chi connectivity index (χ3n) is 2.73. The molecule has 0 saturated carbocycles. The summed E-state index contributed by atoms with van der Waals surface area (Å²) in [6.45, 7) is 7.83. The number of rotatable bonds is 6. The van der Waals surface area contributed by atoms with E-state index in [4.69, 9.17) is 9.47 Å². The van der Waals surface area contributed by atoms with Crippen molar-refractivity contribution >= 4 is 23.8 Å². The molecule has 0 aromatic heterocycles. The molecule has 25 heavy (non-hydrogen) atoms. The first-order chi connectivity index (χ1) is 11.7. The molecule has 0 spiro atoms. The maximum atomic E-state index is 11.7. The first kappa shape index (κ1) is 20.3. The van der Waals surface area contributed by atoms with Gasteiger partial charge in [-0.15, -0.1) is 0 Å². The largest absolute Gasteiger partial charge is 0.462 e. The Kier molecular flexibility index (Phi) is 7.71. The van der Waals surface area contributed by atoms with E-state index in [2.05, 4.69) is 16.0 Å². The van der Waals surface area contributed by atoms with Crippen LogP contribution < -0.4 is 16.0 Å². The van der Waals surface area contributed by atoms with Crippen LogP contribution >= 0.6 is 0 Å². The highest BCUT2D eigenvalue weighted by molar-refractivity contribution is 5.92. The zero-order valence-corrected chi connectivity index (χ0v) is 15.0. The molecule has 1 aromatic carbocycles. The number of esters is 1. The molecule has 0 atom stereocenters. The van der Waals surface area contributed by atoms with Gasteiger partial charge in [0.2, 0.25) is 0 Å². The quantitative estimate of drug-likeness (QED) is 0.539. The number of urea groups is 1. The summed E-state index contributed by atoms with van der Waals surface area (Å²) in [7, 11) is 0. The molecule has 8 heteroatoms. The average molecular weight is 351 g/mol. The second-order valence-electron chi connectivity index (χ2n) is 6.11. The number of carbonyl (C=O) groups excluding carboxylic acids is 3. The molecule has 138 valence electrons. The zero-order valence-electron chi connectivity index (χ0n) is 15.0. The normalized spacial score (nSPS) is 10.6. The monoisotopic (exact) mass is 351 g/mol. The van der Waals surface area contributed by atoms with Crippen molar-refractivity contribution in [1.82, 2.24) is 10.6 Å². The second kappa shape index (κ2) is 9.51. The fraction of sp³-hybridized carbons (Fsp3) is 0.471. The van der Waals surface area contributed by atoms with Crippen molar-refractivity contribution in [2.45, 2.75) is 33.3 Å². The number of hydrogen-bond donors (Lipinski definition) is 3. The predicted octanol–water partition coefficient (Wildman–Crippen LogP) is 2.51. The molecule has 0 bridgehead atoms. The van der Waals surface area contributed by atoms with Gasteiger partial charge in [0.1, 0.15) is 5.60 Å². The maximum Gasteiger partial charge on any atom is 0.407 e. The third-order valence-corrected chi connectivity index (χ3v) is 2.73. The molecule has 3 N–H and O–H groups in total. The van der Waals surface area contributed by atoms with Gasteiger partial charge in [0.25, 0.3) is 0 Å². The number of anilines is 1. The molecular weight excluding hydrogens is 326 g/mol. The summed E-state index contributed by atoms with van der Waals surface area (Å²) in [5.74, 6) is -0.410. The number of carbonyl (C=O) groups is 3. The Bertz CT molecular complexity index is 593. The van der Waals surface area contributed by atoms with Gasteiger partial charge in [-0.05, 0) is 52.0 Å². The van der Waals surface area contributed by atoms with Crippen molar-refractivity contribution in [2.24, 2.45) is 0 Å². The van der Waals surface area contributed by atoms with Crippen LogP contribution in [0.5, 0.6) is 0 Å². The van der Waals surface area contributed by atoms with E-state index in [1.807, 2.05) is 0 Å². The molecule has 0 saturated heterocycles. The van der Waals surface area contributed by atoms with Crippen molar-refractivity contribution in [3.63, 3.8) is 0 Å².